The Kier molecular flexibility index (Phi) is 5.86. The highest BCUT2D eigenvalue weighted by Crippen LogP contribution is 2.24. The molecule has 8 nitrogen and oxygen atoms in total. The maximum Gasteiger partial charge on any atom is 0.255 e. The van der Waals surface area contributed by atoms with Crippen LogP contribution in [0.15, 0.2) is 10.9 Å². The summed E-state index contributed by atoms with van der Waals surface area (Å²) >= 11 is 0. The van der Waals surface area contributed by atoms with E-state index in [-0.39, 0.29) is 5.56 Å². The van der Waals surface area contributed by atoms with E-state index in [9.17, 15) is 4.79 Å². The van der Waals surface area contributed by atoms with E-state index in [1.807, 2.05) is 0 Å². The normalized spacial score (nSPS) is 22.1. The number of aryl methyl sites for hydroxylation is 1. The van der Waals surface area contributed by atoms with Crippen molar-refractivity contribution in [2.45, 2.75) is 58.8 Å². The molecule has 2 aromatic rings. The first-order valence-corrected chi connectivity index (χ1v) is 11.5. The van der Waals surface area contributed by atoms with Crippen LogP contribution < -0.4 is 10.5 Å². The first-order valence-electron chi connectivity index (χ1n) is 11.5. The Morgan fingerprint density at radius 1 is 1.19 bits per heavy atom. The fraction of sp³-hybridized carbons (Fsp3) is 0.652. The molecule has 168 valence electrons. The van der Waals surface area contributed by atoms with Gasteiger partial charge in [-0.3, -0.25) is 14.7 Å². The Morgan fingerprint density at radius 3 is 2.81 bits per heavy atom. The van der Waals surface area contributed by atoms with Crippen LogP contribution in [-0.4, -0.2) is 65.0 Å². The van der Waals surface area contributed by atoms with Crippen molar-refractivity contribution in [2.75, 3.05) is 44.4 Å². The van der Waals surface area contributed by atoms with Gasteiger partial charge in [-0.2, -0.15) is 0 Å². The molecule has 0 aliphatic carbocycles. The fourth-order valence-electron chi connectivity index (χ4n) is 5.09. The number of H-pyrrole nitrogens is 1. The number of nitrogens with one attached hydrogen (secondary N) is 1. The Hall–Kier alpha value is -2.16. The highest BCUT2D eigenvalue weighted by molar-refractivity contribution is 5.35. The Morgan fingerprint density at radius 2 is 2.03 bits per heavy atom. The highest BCUT2D eigenvalue weighted by Gasteiger charge is 2.25. The number of rotatable bonds is 5. The SMILES string of the molecule is Cc1cc(CN2CCc3c(nc(N4CCOCC4)[nH]c3=O)C2)c(C)n1C[C@H]1CCCO1. The lowest BCUT2D eigenvalue weighted by atomic mass is 10.1. The van der Waals surface area contributed by atoms with Crippen LogP contribution in [0, 0.1) is 13.8 Å². The van der Waals surface area contributed by atoms with Gasteiger partial charge in [0.25, 0.3) is 5.56 Å². The van der Waals surface area contributed by atoms with Crippen LogP contribution in [0.4, 0.5) is 5.95 Å². The molecule has 5 rings (SSSR count). The van der Waals surface area contributed by atoms with Gasteiger partial charge in [-0.25, -0.2) is 4.98 Å². The number of aromatic nitrogens is 3. The van der Waals surface area contributed by atoms with Crippen molar-refractivity contribution < 1.29 is 9.47 Å². The molecular formula is C23H33N5O3. The minimum Gasteiger partial charge on any atom is -0.378 e. The number of aromatic amines is 1. The van der Waals surface area contributed by atoms with Gasteiger partial charge in [0, 0.05) is 62.8 Å². The maximum absolute atomic E-state index is 12.7. The van der Waals surface area contributed by atoms with Crippen molar-refractivity contribution >= 4 is 5.95 Å². The second kappa shape index (κ2) is 8.76. The quantitative estimate of drug-likeness (QED) is 0.784. The second-order valence-corrected chi connectivity index (χ2v) is 9.02. The molecule has 0 unspecified atom stereocenters. The van der Waals surface area contributed by atoms with Crippen molar-refractivity contribution in [3.63, 3.8) is 0 Å². The summed E-state index contributed by atoms with van der Waals surface area (Å²) in [6, 6.07) is 2.31. The Labute approximate surface area is 183 Å². The molecule has 1 N–H and O–H groups in total. The lowest BCUT2D eigenvalue weighted by molar-refractivity contribution is 0.0961. The highest BCUT2D eigenvalue weighted by atomic mass is 16.5. The summed E-state index contributed by atoms with van der Waals surface area (Å²) in [5, 5.41) is 0. The van der Waals surface area contributed by atoms with Crippen molar-refractivity contribution in [3.05, 3.63) is 44.6 Å². The molecule has 2 saturated heterocycles. The number of morpholine rings is 1. The Bertz CT molecular complexity index is 986. The molecule has 0 bridgehead atoms. The first kappa shape index (κ1) is 20.7. The zero-order chi connectivity index (χ0) is 21.4. The summed E-state index contributed by atoms with van der Waals surface area (Å²) in [7, 11) is 0. The van der Waals surface area contributed by atoms with Crippen LogP contribution in [0.2, 0.25) is 0 Å². The smallest absolute Gasteiger partial charge is 0.255 e. The van der Waals surface area contributed by atoms with E-state index in [1.54, 1.807) is 0 Å². The van der Waals surface area contributed by atoms with E-state index in [0.717, 1.165) is 63.4 Å². The van der Waals surface area contributed by atoms with Gasteiger partial charge in [0.2, 0.25) is 5.95 Å². The van der Waals surface area contributed by atoms with Crippen LogP contribution in [-0.2, 0) is 35.5 Å². The van der Waals surface area contributed by atoms with Gasteiger partial charge in [0.05, 0.1) is 25.0 Å². The predicted octanol–water partition coefficient (Wildman–Crippen LogP) is 1.76. The molecular weight excluding hydrogens is 394 g/mol. The lowest BCUT2D eigenvalue weighted by Gasteiger charge is -2.30. The summed E-state index contributed by atoms with van der Waals surface area (Å²) in [5.41, 5.74) is 5.76. The third kappa shape index (κ3) is 4.29. The summed E-state index contributed by atoms with van der Waals surface area (Å²) in [4.78, 5) is 25.0. The topological polar surface area (TPSA) is 75.6 Å². The summed E-state index contributed by atoms with van der Waals surface area (Å²) in [6.07, 6.45) is 3.41. The van der Waals surface area contributed by atoms with Crippen LogP contribution in [0.3, 0.4) is 0 Å². The van der Waals surface area contributed by atoms with Crippen molar-refractivity contribution in [3.8, 4) is 0 Å². The van der Waals surface area contributed by atoms with E-state index in [4.69, 9.17) is 14.5 Å². The molecule has 1 atom stereocenters. The van der Waals surface area contributed by atoms with Crippen LogP contribution in [0.5, 0.6) is 0 Å². The van der Waals surface area contributed by atoms with Crippen LogP contribution in [0.25, 0.3) is 0 Å². The molecule has 0 aromatic carbocycles. The van der Waals surface area contributed by atoms with E-state index in [1.165, 1.54) is 23.4 Å². The monoisotopic (exact) mass is 427 g/mol. The standard InChI is InChI=1S/C23H33N5O3/c1-16-12-18(17(2)28(16)14-19-4-3-9-31-19)13-26-6-5-20-21(15-26)24-23(25-22(20)29)27-7-10-30-11-8-27/h12,19H,3-11,13-15H2,1-2H3,(H,24,25,29)/t19-/m1/s1. The molecule has 2 fully saturated rings. The number of fused-ring (bicyclic) bond motifs is 1. The van der Waals surface area contributed by atoms with Gasteiger partial charge < -0.3 is 18.9 Å². The van der Waals surface area contributed by atoms with E-state index >= 15 is 0 Å². The third-order valence-electron chi connectivity index (χ3n) is 6.93. The molecule has 0 spiro atoms. The molecule has 3 aliphatic rings. The predicted molar refractivity (Wildman–Crippen MR) is 119 cm³/mol. The zero-order valence-electron chi connectivity index (χ0n) is 18.7. The number of hydrogen-bond donors (Lipinski definition) is 1. The van der Waals surface area contributed by atoms with Gasteiger partial charge in [-0.15, -0.1) is 0 Å². The average molecular weight is 428 g/mol. The van der Waals surface area contributed by atoms with Gasteiger partial charge in [0.1, 0.15) is 0 Å². The molecule has 5 heterocycles. The molecule has 0 amide bonds. The van der Waals surface area contributed by atoms with E-state index in [0.29, 0.717) is 31.8 Å². The number of nitrogens with zero attached hydrogens (tertiary/aromatic N) is 4. The van der Waals surface area contributed by atoms with Crippen LogP contribution >= 0.6 is 0 Å². The van der Waals surface area contributed by atoms with Gasteiger partial charge in [-0.1, -0.05) is 0 Å². The zero-order valence-corrected chi connectivity index (χ0v) is 18.7. The molecule has 2 aromatic heterocycles. The largest absolute Gasteiger partial charge is 0.378 e. The number of ether oxygens (including phenoxy) is 2. The van der Waals surface area contributed by atoms with Crippen LogP contribution in [0.1, 0.15) is 41.1 Å². The Balaban J connectivity index is 1.31. The van der Waals surface area contributed by atoms with Crippen molar-refractivity contribution in [2.24, 2.45) is 0 Å². The molecule has 8 heteroatoms. The average Bonchev–Trinajstić information content (AvgIpc) is 3.38. The van der Waals surface area contributed by atoms with E-state index in [2.05, 4.69) is 39.3 Å². The summed E-state index contributed by atoms with van der Waals surface area (Å²) in [5.74, 6) is 0.684. The van der Waals surface area contributed by atoms with Crippen molar-refractivity contribution in [1.29, 1.82) is 0 Å². The fourth-order valence-corrected chi connectivity index (χ4v) is 5.09. The second-order valence-electron chi connectivity index (χ2n) is 9.02. The molecule has 0 saturated carbocycles. The van der Waals surface area contributed by atoms with Crippen molar-refractivity contribution in [1.82, 2.24) is 19.4 Å². The van der Waals surface area contributed by atoms with E-state index < -0.39 is 0 Å². The van der Waals surface area contributed by atoms with Gasteiger partial charge in [-0.05, 0) is 44.7 Å². The minimum absolute atomic E-state index is 0.0147. The lowest BCUT2D eigenvalue weighted by Crippen LogP contribution is -2.40. The molecule has 3 aliphatic heterocycles. The first-order chi connectivity index (χ1) is 15.1. The third-order valence-corrected chi connectivity index (χ3v) is 6.93. The summed E-state index contributed by atoms with van der Waals surface area (Å²) < 4.78 is 13.7. The summed E-state index contributed by atoms with van der Waals surface area (Å²) in [6.45, 7) is 11.6. The van der Waals surface area contributed by atoms with Gasteiger partial charge in [0.15, 0.2) is 0 Å². The molecule has 0 radical (unpaired) electrons. The number of anilines is 1. The number of hydrogen-bond acceptors (Lipinski definition) is 6. The van der Waals surface area contributed by atoms with Gasteiger partial charge >= 0.3 is 0 Å². The minimum atomic E-state index is 0.0147. The molecule has 31 heavy (non-hydrogen) atoms. The maximum atomic E-state index is 12.7.